The minimum atomic E-state index is -1.09. The van der Waals surface area contributed by atoms with Crippen LogP contribution >= 0.6 is 34.8 Å². The van der Waals surface area contributed by atoms with E-state index < -0.39 is 35.6 Å². The zero-order valence-electron chi connectivity index (χ0n) is 19.2. The summed E-state index contributed by atoms with van der Waals surface area (Å²) in [4.78, 5) is 50.7. The summed E-state index contributed by atoms with van der Waals surface area (Å²) in [5.74, 6) is -3.54. The average Bonchev–Trinajstić information content (AvgIpc) is 2.73. The van der Waals surface area contributed by atoms with Crippen LogP contribution in [0.25, 0.3) is 0 Å². The number of rotatable bonds is 9. The molecule has 34 heavy (non-hydrogen) atoms. The Labute approximate surface area is 213 Å². The van der Waals surface area contributed by atoms with Crippen molar-refractivity contribution < 1.29 is 23.9 Å². The van der Waals surface area contributed by atoms with E-state index in [1.807, 2.05) is 13.8 Å². The van der Waals surface area contributed by atoms with E-state index in [-0.39, 0.29) is 33.8 Å². The number of primary amides is 1. The zero-order valence-corrected chi connectivity index (χ0v) is 21.4. The van der Waals surface area contributed by atoms with E-state index in [0.717, 1.165) is 0 Å². The maximum absolute atomic E-state index is 13.1. The standard InChI is InChI=1S/C24H25Cl3N2O5/c1-13(2)24(3,4)34-23(33)20(30)11-21(31)29(12-14-5-8-17(25)19(27)9-14)15-6-7-16(22(28)32)18(26)10-15/h5-10,13H,11-12H2,1-4H3,(H2,28,32). The van der Waals surface area contributed by atoms with Crippen molar-refractivity contribution >= 4 is 64.1 Å². The Morgan fingerprint density at radius 1 is 0.971 bits per heavy atom. The first kappa shape index (κ1) is 27.6. The second-order valence-electron chi connectivity index (χ2n) is 8.50. The van der Waals surface area contributed by atoms with Crippen LogP contribution in [0.1, 0.15) is 50.0 Å². The molecule has 2 aromatic rings. The van der Waals surface area contributed by atoms with Crippen molar-refractivity contribution in [1.82, 2.24) is 0 Å². The molecule has 0 fully saturated rings. The van der Waals surface area contributed by atoms with Gasteiger partial charge in [0.05, 0.1) is 33.6 Å². The summed E-state index contributed by atoms with van der Waals surface area (Å²) in [6.07, 6.45) is -0.733. The fourth-order valence-corrected chi connectivity index (χ4v) is 3.32. The molecule has 0 aliphatic rings. The maximum atomic E-state index is 13.1. The molecule has 2 rings (SSSR count). The van der Waals surface area contributed by atoms with Crippen LogP contribution in [0.15, 0.2) is 36.4 Å². The third kappa shape index (κ3) is 6.95. The van der Waals surface area contributed by atoms with Crippen molar-refractivity contribution in [3.05, 3.63) is 62.6 Å². The van der Waals surface area contributed by atoms with Gasteiger partial charge in [0.15, 0.2) is 0 Å². The quantitative estimate of drug-likeness (QED) is 0.273. The van der Waals surface area contributed by atoms with E-state index in [2.05, 4.69) is 0 Å². The number of carbonyl (C=O) groups excluding carboxylic acids is 4. The lowest BCUT2D eigenvalue weighted by Crippen LogP contribution is -2.38. The molecular formula is C24H25Cl3N2O5. The first-order valence-electron chi connectivity index (χ1n) is 10.3. The Morgan fingerprint density at radius 3 is 2.15 bits per heavy atom. The van der Waals surface area contributed by atoms with Gasteiger partial charge in [-0.05, 0) is 55.7 Å². The highest BCUT2D eigenvalue weighted by Crippen LogP contribution is 2.28. The molecule has 0 bridgehead atoms. The molecule has 2 aromatic carbocycles. The predicted octanol–water partition coefficient (Wildman–Crippen LogP) is 5.22. The Morgan fingerprint density at radius 2 is 1.62 bits per heavy atom. The van der Waals surface area contributed by atoms with E-state index >= 15 is 0 Å². The third-order valence-corrected chi connectivity index (χ3v) is 6.49. The Bertz CT molecular complexity index is 1130. The van der Waals surface area contributed by atoms with Crippen molar-refractivity contribution in [3.63, 3.8) is 0 Å². The molecule has 0 atom stereocenters. The number of hydrogen-bond donors (Lipinski definition) is 1. The first-order valence-corrected chi connectivity index (χ1v) is 11.5. The molecule has 0 unspecified atom stereocenters. The third-order valence-electron chi connectivity index (χ3n) is 5.44. The number of esters is 1. The minimum Gasteiger partial charge on any atom is -0.454 e. The van der Waals surface area contributed by atoms with Gasteiger partial charge in [-0.2, -0.15) is 0 Å². The number of Topliss-reactive ketones (excluding diaryl/α,β-unsaturated/α-hetero) is 1. The lowest BCUT2D eigenvalue weighted by atomic mass is 9.94. The van der Waals surface area contributed by atoms with Gasteiger partial charge in [0.1, 0.15) is 5.60 Å². The molecule has 0 aliphatic heterocycles. The van der Waals surface area contributed by atoms with Crippen molar-refractivity contribution in [2.45, 2.75) is 46.3 Å². The normalized spacial score (nSPS) is 11.3. The largest absolute Gasteiger partial charge is 0.454 e. The van der Waals surface area contributed by atoms with E-state index in [0.29, 0.717) is 10.6 Å². The molecule has 2 N–H and O–H groups in total. The molecule has 0 radical (unpaired) electrons. The fraction of sp³-hybridized carbons (Fsp3) is 0.333. The second-order valence-corrected chi connectivity index (χ2v) is 9.73. The van der Waals surface area contributed by atoms with Crippen LogP contribution < -0.4 is 10.6 Å². The molecule has 2 amide bonds. The summed E-state index contributed by atoms with van der Waals surface area (Å²) in [5, 5.41) is 0.647. The zero-order chi connectivity index (χ0) is 25.8. The van der Waals surface area contributed by atoms with E-state index in [1.54, 1.807) is 32.0 Å². The second kappa shape index (κ2) is 11.2. The number of carbonyl (C=O) groups is 4. The monoisotopic (exact) mass is 526 g/mol. The number of halogens is 3. The Kier molecular flexibility index (Phi) is 9.11. The lowest BCUT2D eigenvalue weighted by Gasteiger charge is -2.29. The highest BCUT2D eigenvalue weighted by atomic mass is 35.5. The summed E-state index contributed by atoms with van der Waals surface area (Å²) < 4.78 is 5.29. The molecule has 182 valence electrons. The van der Waals surface area contributed by atoms with Crippen LogP contribution in [0.4, 0.5) is 5.69 Å². The van der Waals surface area contributed by atoms with Crippen molar-refractivity contribution in [2.24, 2.45) is 11.7 Å². The number of ether oxygens (including phenoxy) is 1. The van der Waals surface area contributed by atoms with Crippen molar-refractivity contribution in [3.8, 4) is 0 Å². The van der Waals surface area contributed by atoms with Gasteiger partial charge in [-0.1, -0.05) is 54.7 Å². The summed E-state index contributed by atoms with van der Waals surface area (Å²) in [5.41, 5.74) is 5.38. The highest BCUT2D eigenvalue weighted by Gasteiger charge is 2.32. The molecule has 7 nitrogen and oxygen atoms in total. The van der Waals surface area contributed by atoms with Crippen molar-refractivity contribution in [2.75, 3.05) is 4.90 Å². The summed E-state index contributed by atoms with van der Waals surface area (Å²) in [7, 11) is 0. The van der Waals surface area contributed by atoms with E-state index in [9.17, 15) is 19.2 Å². The fourth-order valence-electron chi connectivity index (χ4n) is 2.73. The number of nitrogens with two attached hydrogens (primary N) is 1. The number of hydrogen-bond acceptors (Lipinski definition) is 5. The van der Waals surface area contributed by atoms with Crippen LogP contribution in [0.2, 0.25) is 15.1 Å². The number of benzene rings is 2. The average molecular weight is 528 g/mol. The predicted molar refractivity (Wildman–Crippen MR) is 132 cm³/mol. The topological polar surface area (TPSA) is 107 Å². The molecule has 0 saturated heterocycles. The first-order chi connectivity index (χ1) is 15.7. The highest BCUT2D eigenvalue weighted by molar-refractivity contribution is 6.42. The molecule has 0 saturated carbocycles. The van der Waals surface area contributed by atoms with Crippen molar-refractivity contribution in [1.29, 1.82) is 0 Å². The molecule has 0 heterocycles. The molecular weight excluding hydrogens is 503 g/mol. The number of amides is 2. The van der Waals surface area contributed by atoms with Crippen LogP contribution in [0.5, 0.6) is 0 Å². The van der Waals surface area contributed by atoms with Gasteiger partial charge >= 0.3 is 5.97 Å². The van der Waals surface area contributed by atoms with Gasteiger partial charge in [-0.15, -0.1) is 0 Å². The van der Waals surface area contributed by atoms with Crippen LogP contribution in [-0.2, 0) is 25.7 Å². The Hall–Kier alpha value is -2.61. The number of ketones is 1. The van der Waals surface area contributed by atoms with Crippen LogP contribution in [0, 0.1) is 5.92 Å². The number of anilines is 1. The number of nitrogens with zero attached hydrogens (tertiary/aromatic N) is 1. The summed E-state index contributed by atoms with van der Waals surface area (Å²) >= 11 is 18.2. The van der Waals surface area contributed by atoms with Crippen LogP contribution in [-0.4, -0.2) is 29.2 Å². The lowest BCUT2D eigenvalue weighted by molar-refractivity contribution is -0.167. The van der Waals surface area contributed by atoms with E-state index in [4.69, 9.17) is 45.3 Å². The van der Waals surface area contributed by atoms with Gasteiger partial charge in [0.25, 0.3) is 0 Å². The minimum absolute atomic E-state index is 0.0121. The van der Waals surface area contributed by atoms with Gasteiger partial charge in [0, 0.05) is 5.69 Å². The van der Waals surface area contributed by atoms with Gasteiger partial charge < -0.3 is 15.4 Å². The maximum Gasteiger partial charge on any atom is 0.375 e. The molecule has 0 aromatic heterocycles. The molecule has 0 aliphatic carbocycles. The summed E-state index contributed by atoms with van der Waals surface area (Å²) in [6, 6.07) is 9.02. The summed E-state index contributed by atoms with van der Waals surface area (Å²) in [6.45, 7) is 7.05. The SMILES string of the molecule is CC(C)C(C)(C)OC(=O)C(=O)CC(=O)N(Cc1ccc(Cl)c(Cl)c1)c1ccc(C(N)=O)c(Cl)c1. The van der Waals surface area contributed by atoms with Gasteiger partial charge in [0.2, 0.25) is 17.6 Å². The van der Waals surface area contributed by atoms with Gasteiger partial charge in [-0.25, -0.2) is 4.79 Å². The molecule has 0 spiro atoms. The smallest absolute Gasteiger partial charge is 0.375 e. The Balaban J connectivity index is 2.34. The molecule has 10 heteroatoms. The van der Waals surface area contributed by atoms with E-state index in [1.165, 1.54) is 23.1 Å². The van der Waals surface area contributed by atoms with Gasteiger partial charge in [-0.3, -0.25) is 14.4 Å². The van der Waals surface area contributed by atoms with Crippen LogP contribution in [0.3, 0.4) is 0 Å².